The number of aromatic nitrogens is 2. The van der Waals surface area contributed by atoms with E-state index in [0.717, 1.165) is 4.68 Å². The number of benzene rings is 1. The summed E-state index contributed by atoms with van der Waals surface area (Å²) in [6, 6.07) is 5.46. The Hall–Kier alpha value is -3.40. The van der Waals surface area contributed by atoms with Crippen LogP contribution in [-0.2, 0) is 22.5 Å². The van der Waals surface area contributed by atoms with Crippen LogP contribution in [-0.4, -0.2) is 57.4 Å². The quantitative estimate of drug-likeness (QED) is 0.568. The first kappa shape index (κ1) is 23.9. The number of rotatable bonds is 8. The number of aliphatic hydroxyl groups is 1. The molecule has 1 aromatic carbocycles. The molecule has 2 aromatic rings. The number of aliphatic hydroxyl groups excluding tert-OH is 1. The van der Waals surface area contributed by atoms with Crippen LogP contribution in [0.4, 0.5) is 4.79 Å². The van der Waals surface area contributed by atoms with Crippen molar-refractivity contribution in [1.29, 1.82) is 0 Å². The maximum absolute atomic E-state index is 12.7. The standard InChI is InChI=1S/C21H27N3O7/c1-21(2,3)31-20(29)23-15(19(27)28)11-13-5-7-14(8-6-13)17-16(30-4)12-22-24(9-10-25)18(17)26/h5-8,12,15,25H,9-11H2,1-4H3,(H,23,29)(H,27,28)/t15-/m0/s1. The van der Waals surface area contributed by atoms with Gasteiger partial charge in [-0.05, 0) is 31.9 Å². The number of nitrogens with one attached hydrogen (secondary N) is 1. The van der Waals surface area contributed by atoms with E-state index in [1.54, 1.807) is 45.0 Å². The fourth-order valence-electron chi connectivity index (χ4n) is 2.84. The van der Waals surface area contributed by atoms with Crippen molar-refractivity contribution in [2.45, 2.75) is 45.4 Å². The lowest BCUT2D eigenvalue weighted by atomic mass is 10.0. The molecule has 0 spiro atoms. The number of methoxy groups -OCH3 is 1. The molecule has 10 nitrogen and oxygen atoms in total. The zero-order chi connectivity index (χ0) is 23.2. The molecule has 0 aliphatic rings. The van der Waals surface area contributed by atoms with E-state index in [-0.39, 0.29) is 30.9 Å². The summed E-state index contributed by atoms with van der Waals surface area (Å²) >= 11 is 0. The van der Waals surface area contributed by atoms with Crippen LogP contribution in [0.3, 0.4) is 0 Å². The molecule has 1 atom stereocenters. The molecular formula is C21H27N3O7. The van der Waals surface area contributed by atoms with Crippen LogP contribution in [0.25, 0.3) is 11.1 Å². The minimum atomic E-state index is -1.20. The maximum Gasteiger partial charge on any atom is 0.408 e. The van der Waals surface area contributed by atoms with Gasteiger partial charge in [-0.25, -0.2) is 14.3 Å². The summed E-state index contributed by atoms with van der Waals surface area (Å²) in [6.07, 6.45) is 0.602. The molecule has 1 amide bonds. The molecule has 31 heavy (non-hydrogen) atoms. The summed E-state index contributed by atoms with van der Waals surface area (Å²) in [4.78, 5) is 36.2. The van der Waals surface area contributed by atoms with Crippen molar-refractivity contribution >= 4 is 12.1 Å². The van der Waals surface area contributed by atoms with Crippen LogP contribution in [0.2, 0.25) is 0 Å². The monoisotopic (exact) mass is 433 g/mol. The first-order valence-corrected chi connectivity index (χ1v) is 9.62. The second-order valence-electron chi connectivity index (χ2n) is 7.78. The van der Waals surface area contributed by atoms with Gasteiger partial charge in [0, 0.05) is 6.42 Å². The molecule has 0 aliphatic carbocycles. The summed E-state index contributed by atoms with van der Waals surface area (Å²) in [5.74, 6) is -0.917. The van der Waals surface area contributed by atoms with E-state index in [1.165, 1.54) is 13.3 Å². The van der Waals surface area contributed by atoms with Crippen LogP contribution in [0.1, 0.15) is 26.3 Å². The third-order valence-corrected chi connectivity index (χ3v) is 4.21. The molecule has 0 radical (unpaired) electrons. The largest absolute Gasteiger partial charge is 0.494 e. The molecular weight excluding hydrogens is 406 g/mol. The third kappa shape index (κ3) is 6.54. The molecule has 168 valence electrons. The second kappa shape index (κ2) is 10.1. The number of hydrogen-bond donors (Lipinski definition) is 3. The van der Waals surface area contributed by atoms with Crippen molar-refractivity contribution in [3.05, 3.63) is 46.4 Å². The van der Waals surface area contributed by atoms with Gasteiger partial charge in [-0.1, -0.05) is 24.3 Å². The summed E-state index contributed by atoms with van der Waals surface area (Å²) in [5, 5.41) is 24.9. The van der Waals surface area contributed by atoms with E-state index in [9.17, 15) is 19.5 Å². The van der Waals surface area contributed by atoms with Crippen molar-refractivity contribution in [2.75, 3.05) is 13.7 Å². The Labute approximate surface area is 179 Å². The highest BCUT2D eigenvalue weighted by atomic mass is 16.6. The van der Waals surface area contributed by atoms with Gasteiger partial charge in [0.25, 0.3) is 5.56 Å². The van der Waals surface area contributed by atoms with Gasteiger partial charge in [-0.15, -0.1) is 0 Å². The topological polar surface area (TPSA) is 140 Å². The van der Waals surface area contributed by atoms with Crippen molar-refractivity contribution in [3.8, 4) is 16.9 Å². The van der Waals surface area contributed by atoms with Gasteiger partial charge in [0.2, 0.25) is 0 Å². The molecule has 0 bridgehead atoms. The predicted octanol–water partition coefficient (Wildman–Crippen LogP) is 1.43. The molecule has 0 saturated heterocycles. The predicted molar refractivity (Wildman–Crippen MR) is 112 cm³/mol. The lowest BCUT2D eigenvalue weighted by Crippen LogP contribution is -2.44. The Bertz CT molecular complexity index is 978. The number of carbonyl (C=O) groups is 2. The first-order valence-electron chi connectivity index (χ1n) is 9.62. The van der Waals surface area contributed by atoms with Crippen molar-refractivity contribution in [2.24, 2.45) is 0 Å². The molecule has 0 aliphatic heterocycles. The number of aliphatic carboxylic acids is 1. The average molecular weight is 433 g/mol. The van der Waals surface area contributed by atoms with E-state index in [1.807, 2.05) is 0 Å². The van der Waals surface area contributed by atoms with E-state index < -0.39 is 29.3 Å². The number of hydrogen-bond acceptors (Lipinski definition) is 7. The molecule has 0 unspecified atom stereocenters. The number of nitrogens with zero attached hydrogens (tertiary/aromatic N) is 2. The maximum atomic E-state index is 12.7. The fourth-order valence-corrected chi connectivity index (χ4v) is 2.84. The van der Waals surface area contributed by atoms with Gasteiger partial charge in [-0.3, -0.25) is 4.79 Å². The van der Waals surface area contributed by atoms with Gasteiger partial charge in [0.1, 0.15) is 11.6 Å². The number of alkyl carbamates (subject to hydrolysis) is 1. The normalized spacial score (nSPS) is 12.2. The van der Waals surface area contributed by atoms with Crippen LogP contribution in [0, 0.1) is 0 Å². The first-order chi connectivity index (χ1) is 14.6. The Kier molecular flexibility index (Phi) is 7.76. The van der Waals surface area contributed by atoms with E-state index in [2.05, 4.69) is 10.4 Å². The molecule has 2 rings (SSSR count). The van der Waals surface area contributed by atoms with Crippen LogP contribution in [0.5, 0.6) is 5.75 Å². The highest BCUT2D eigenvalue weighted by molar-refractivity contribution is 5.80. The van der Waals surface area contributed by atoms with Crippen LogP contribution >= 0.6 is 0 Å². The molecule has 1 heterocycles. The Morgan fingerprint density at radius 1 is 1.23 bits per heavy atom. The van der Waals surface area contributed by atoms with Crippen molar-refractivity contribution < 1.29 is 29.3 Å². The Morgan fingerprint density at radius 2 is 1.87 bits per heavy atom. The van der Waals surface area contributed by atoms with Crippen molar-refractivity contribution in [3.63, 3.8) is 0 Å². The average Bonchev–Trinajstić information content (AvgIpc) is 2.68. The minimum absolute atomic E-state index is 0.0249. The van der Waals surface area contributed by atoms with Gasteiger partial charge >= 0.3 is 12.1 Å². The zero-order valence-corrected chi connectivity index (χ0v) is 17.9. The summed E-state index contributed by atoms with van der Waals surface area (Å²) < 4.78 is 11.5. The number of carboxylic acids is 1. The molecule has 0 saturated carbocycles. The third-order valence-electron chi connectivity index (χ3n) is 4.21. The van der Waals surface area contributed by atoms with Gasteiger partial charge in [0.05, 0.1) is 32.0 Å². The van der Waals surface area contributed by atoms with E-state index >= 15 is 0 Å². The van der Waals surface area contributed by atoms with Crippen molar-refractivity contribution in [1.82, 2.24) is 15.1 Å². The van der Waals surface area contributed by atoms with Crippen LogP contribution in [0.15, 0.2) is 35.3 Å². The van der Waals surface area contributed by atoms with Gasteiger partial charge in [-0.2, -0.15) is 5.10 Å². The van der Waals surface area contributed by atoms with Crippen LogP contribution < -0.4 is 15.6 Å². The van der Waals surface area contributed by atoms with Gasteiger partial charge < -0.3 is 25.0 Å². The highest BCUT2D eigenvalue weighted by Crippen LogP contribution is 2.26. The Balaban J connectivity index is 2.25. The fraction of sp³-hybridized carbons (Fsp3) is 0.429. The molecule has 0 fully saturated rings. The number of carbonyl (C=O) groups excluding carboxylic acids is 1. The molecule has 1 aromatic heterocycles. The number of amides is 1. The summed E-state index contributed by atoms with van der Waals surface area (Å²) in [7, 11) is 1.42. The number of ether oxygens (including phenoxy) is 2. The SMILES string of the molecule is COc1cnn(CCO)c(=O)c1-c1ccc(C[C@H](NC(=O)OC(C)(C)C)C(=O)O)cc1. The lowest BCUT2D eigenvalue weighted by molar-refractivity contribution is -0.139. The highest BCUT2D eigenvalue weighted by Gasteiger charge is 2.24. The summed E-state index contributed by atoms with van der Waals surface area (Å²) in [5.41, 5.74) is 0.291. The minimum Gasteiger partial charge on any atom is -0.494 e. The zero-order valence-electron chi connectivity index (χ0n) is 17.9. The molecule has 3 N–H and O–H groups in total. The molecule has 10 heteroatoms. The van der Waals surface area contributed by atoms with E-state index in [0.29, 0.717) is 11.1 Å². The van der Waals surface area contributed by atoms with Gasteiger partial charge in [0.15, 0.2) is 5.75 Å². The lowest BCUT2D eigenvalue weighted by Gasteiger charge is -2.22. The number of carboxylic acid groups (broad SMARTS) is 1. The Morgan fingerprint density at radius 3 is 2.39 bits per heavy atom. The smallest absolute Gasteiger partial charge is 0.408 e. The van der Waals surface area contributed by atoms with E-state index in [4.69, 9.17) is 14.6 Å². The second-order valence-corrected chi connectivity index (χ2v) is 7.78. The summed E-state index contributed by atoms with van der Waals surface area (Å²) in [6.45, 7) is 4.86.